The number of aryl methyl sites for hydroxylation is 3. The molecule has 96 valence electrons. The van der Waals surface area contributed by atoms with Crippen LogP contribution in [0.5, 0.6) is 0 Å². The summed E-state index contributed by atoms with van der Waals surface area (Å²) in [4.78, 5) is 11.4. The largest absolute Gasteiger partial charge is 0.478 e. The fourth-order valence-electron chi connectivity index (χ4n) is 2.40. The van der Waals surface area contributed by atoms with Crippen LogP contribution >= 0.6 is 0 Å². The lowest BCUT2D eigenvalue weighted by atomic mass is 10.1. The number of rotatable bonds is 4. The highest BCUT2D eigenvalue weighted by Gasteiger charge is 2.15. The molecule has 0 saturated heterocycles. The van der Waals surface area contributed by atoms with Gasteiger partial charge in [-0.15, -0.1) is 0 Å². The Balaban J connectivity index is 2.69. The van der Waals surface area contributed by atoms with Gasteiger partial charge in [0, 0.05) is 17.6 Å². The minimum atomic E-state index is -0.879. The number of hydrogen-bond donors (Lipinski definition) is 2. The highest BCUT2D eigenvalue weighted by atomic mass is 16.4. The number of aromatic carboxylic acids is 1. The van der Waals surface area contributed by atoms with Crippen molar-refractivity contribution in [3.05, 3.63) is 35.0 Å². The number of hydrogen-bond acceptors (Lipinski definition) is 2. The first-order valence-electron chi connectivity index (χ1n) is 6.08. The van der Waals surface area contributed by atoms with E-state index in [-0.39, 0.29) is 0 Å². The van der Waals surface area contributed by atoms with Crippen LogP contribution in [-0.4, -0.2) is 22.2 Å². The molecule has 0 radical (unpaired) electrons. The van der Waals surface area contributed by atoms with Crippen LogP contribution < -0.4 is 5.73 Å². The van der Waals surface area contributed by atoms with E-state index in [0.29, 0.717) is 12.1 Å². The maximum absolute atomic E-state index is 11.4. The third kappa shape index (κ3) is 2.11. The average Bonchev–Trinajstić information content (AvgIpc) is 2.60. The number of nitrogens with zero attached hydrogens (tertiary/aromatic N) is 1. The normalized spacial score (nSPS) is 11.1. The van der Waals surface area contributed by atoms with Crippen LogP contribution in [0, 0.1) is 13.8 Å². The molecule has 0 unspecified atom stereocenters. The summed E-state index contributed by atoms with van der Waals surface area (Å²) in [6.07, 6.45) is 0.845. The van der Waals surface area contributed by atoms with Gasteiger partial charge in [0.25, 0.3) is 0 Å². The second-order valence-electron chi connectivity index (χ2n) is 4.64. The lowest BCUT2D eigenvalue weighted by Gasteiger charge is -2.10. The summed E-state index contributed by atoms with van der Waals surface area (Å²) in [6, 6.07) is 5.78. The van der Waals surface area contributed by atoms with E-state index in [1.807, 2.05) is 30.5 Å². The molecular formula is C14H18N2O2. The molecule has 0 spiro atoms. The topological polar surface area (TPSA) is 68.2 Å². The first-order chi connectivity index (χ1) is 8.54. The Bertz CT molecular complexity index is 599. The Kier molecular flexibility index (Phi) is 3.39. The van der Waals surface area contributed by atoms with Crippen molar-refractivity contribution in [3.63, 3.8) is 0 Å². The minimum Gasteiger partial charge on any atom is -0.478 e. The zero-order valence-corrected chi connectivity index (χ0v) is 10.7. The molecule has 0 fully saturated rings. The van der Waals surface area contributed by atoms with E-state index >= 15 is 0 Å². The van der Waals surface area contributed by atoms with E-state index in [4.69, 9.17) is 5.73 Å². The standard InChI is InChI=1S/C14H18N2O2/c1-9-6-11-8-10(2)16(5-3-4-15)13(11)12(7-9)14(17)18/h6-8H,3-5,15H2,1-2H3,(H,17,18). The number of carboxylic acids is 1. The molecule has 0 atom stereocenters. The van der Waals surface area contributed by atoms with Crippen LogP contribution in [0.2, 0.25) is 0 Å². The van der Waals surface area contributed by atoms with Crippen molar-refractivity contribution in [1.29, 1.82) is 0 Å². The number of carbonyl (C=O) groups is 1. The van der Waals surface area contributed by atoms with E-state index in [9.17, 15) is 9.90 Å². The smallest absolute Gasteiger partial charge is 0.337 e. The van der Waals surface area contributed by atoms with Gasteiger partial charge in [-0.3, -0.25) is 0 Å². The number of fused-ring (bicyclic) bond motifs is 1. The van der Waals surface area contributed by atoms with Crippen molar-refractivity contribution >= 4 is 16.9 Å². The predicted molar refractivity (Wildman–Crippen MR) is 72.0 cm³/mol. The fraction of sp³-hybridized carbons (Fsp3) is 0.357. The Morgan fingerprint density at radius 3 is 2.67 bits per heavy atom. The summed E-state index contributed by atoms with van der Waals surface area (Å²) in [6.45, 7) is 5.28. The molecule has 2 rings (SSSR count). The zero-order valence-electron chi connectivity index (χ0n) is 10.7. The summed E-state index contributed by atoms with van der Waals surface area (Å²) >= 11 is 0. The Hall–Kier alpha value is -1.81. The van der Waals surface area contributed by atoms with E-state index in [0.717, 1.165) is 35.1 Å². The number of nitrogens with two attached hydrogens (primary N) is 1. The lowest BCUT2D eigenvalue weighted by Crippen LogP contribution is -2.09. The van der Waals surface area contributed by atoms with Gasteiger partial charge < -0.3 is 15.4 Å². The van der Waals surface area contributed by atoms with Crippen LogP contribution in [0.3, 0.4) is 0 Å². The molecule has 0 aliphatic heterocycles. The van der Waals surface area contributed by atoms with Crippen molar-refractivity contribution in [3.8, 4) is 0 Å². The molecule has 4 heteroatoms. The molecule has 1 aromatic heterocycles. The van der Waals surface area contributed by atoms with Crippen LogP contribution in [0.15, 0.2) is 18.2 Å². The minimum absolute atomic E-state index is 0.370. The van der Waals surface area contributed by atoms with E-state index in [1.165, 1.54) is 0 Å². The highest BCUT2D eigenvalue weighted by molar-refractivity contribution is 6.03. The van der Waals surface area contributed by atoms with Crippen molar-refractivity contribution in [2.45, 2.75) is 26.8 Å². The highest BCUT2D eigenvalue weighted by Crippen LogP contribution is 2.25. The first-order valence-corrected chi connectivity index (χ1v) is 6.08. The molecule has 0 bridgehead atoms. The summed E-state index contributed by atoms with van der Waals surface area (Å²) in [5, 5.41) is 10.3. The SMILES string of the molecule is Cc1cc(C(=O)O)c2c(c1)cc(C)n2CCCN. The van der Waals surface area contributed by atoms with E-state index < -0.39 is 5.97 Å². The van der Waals surface area contributed by atoms with Crippen LogP contribution in [0.1, 0.15) is 28.0 Å². The fourth-order valence-corrected chi connectivity index (χ4v) is 2.40. The summed E-state index contributed by atoms with van der Waals surface area (Å²) in [5.41, 5.74) is 8.75. The lowest BCUT2D eigenvalue weighted by molar-refractivity contribution is 0.0698. The maximum atomic E-state index is 11.4. The van der Waals surface area contributed by atoms with Crippen molar-refractivity contribution < 1.29 is 9.90 Å². The van der Waals surface area contributed by atoms with Gasteiger partial charge in [-0.05, 0) is 50.6 Å². The Morgan fingerprint density at radius 2 is 2.06 bits per heavy atom. The van der Waals surface area contributed by atoms with Gasteiger partial charge in [-0.25, -0.2) is 4.79 Å². The second-order valence-corrected chi connectivity index (χ2v) is 4.64. The Labute approximate surface area is 106 Å². The molecule has 0 aliphatic carbocycles. The van der Waals surface area contributed by atoms with Gasteiger partial charge in [0.1, 0.15) is 0 Å². The number of aromatic nitrogens is 1. The zero-order chi connectivity index (χ0) is 13.3. The van der Waals surface area contributed by atoms with Gasteiger partial charge in [0.2, 0.25) is 0 Å². The molecule has 2 aromatic rings. The van der Waals surface area contributed by atoms with Crippen LogP contribution in [0.4, 0.5) is 0 Å². The third-order valence-electron chi connectivity index (χ3n) is 3.16. The maximum Gasteiger partial charge on any atom is 0.337 e. The van der Waals surface area contributed by atoms with Gasteiger partial charge in [-0.1, -0.05) is 0 Å². The molecule has 4 nitrogen and oxygen atoms in total. The molecule has 0 aliphatic rings. The summed E-state index contributed by atoms with van der Waals surface area (Å²) < 4.78 is 2.05. The van der Waals surface area contributed by atoms with Crippen LogP contribution in [-0.2, 0) is 6.54 Å². The predicted octanol–water partition coefficient (Wildman–Crippen LogP) is 2.31. The van der Waals surface area contributed by atoms with Gasteiger partial charge >= 0.3 is 5.97 Å². The first kappa shape index (κ1) is 12.6. The molecule has 3 N–H and O–H groups in total. The Morgan fingerprint density at radius 1 is 1.33 bits per heavy atom. The molecule has 1 heterocycles. The second kappa shape index (κ2) is 4.82. The molecule has 1 aromatic carbocycles. The van der Waals surface area contributed by atoms with E-state index in [2.05, 4.69) is 0 Å². The summed E-state index contributed by atoms with van der Waals surface area (Å²) in [5.74, 6) is -0.879. The van der Waals surface area contributed by atoms with Gasteiger partial charge in [0.05, 0.1) is 11.1 Å². The van der Waals surface area contributed by atoms with Crippen molar-refractivity contribution in [2.75, 3.05) is 6.54 Å². The third-order valence-corrected chi connectivity index (χ3v) is 3.16. The van der Waals surface area contributed by atoms with Crippen molar-refractivity contribution in [2.24, 2.45) is 5.73 Å². The molecular weight excluding hydrogens is 228 g/mol. The van der Waals surface area contributed by atoms with Gasteiger partial charge in [0.15, 0.2) is 0 Å². The van der Waals surface area contributed by atoms with Crippen molar-refractivity contribution in [1.82, 2.24) is 4.57 Å². The number of benzene rings is 1. The van der Waals surface area contributed by atoms with Crippen LogP contribution in [0.25, 0.3) is 10.9 Å². The molecule has 0 amide bonds. The van der Waals surface area contributed by atoms with Gasteiger partial charge in [-0.2, -0.15) is 0 Å². The molecule has 18 heavy (non-hydrogen) atoms. The average molecular weight is 246 g/mol. The molecule has 0 saturated carbocycles. The quantitative estimate of drug-likeness (QED) is 0.869. The number of carboxylic acid groups (broad SMARTS) is 1. The van der Waals surface area contributed by atoms with E-state index in [1.54, 1.807) is 6.07 Å². The monoisotopic (exact) mass is 246 g/mol. The summed E-state index contributed by atoms with van der Waals surface area (Å²) in [7, 11) is 0.